The van der Waals surface area contributed by atoms with Gasteiger partial charge in [0.15, 0.2) is 5.82 Å². The molecule has 0 amide bonds. The van der Waals surface area contributed by atoms with Crippen LogP contribution in [-0.4, -0.2) is 15.0 Å². The van der Waals surface area contributed by atoms with Crippen LogP contribution in [0, 0.1) is 0 Å². The first kappa shape index (κ1) is 31.9. The summed E-state index contributed by atoms with van der Waals surface area (Å²) in [5.74, 6) is 0.665. The van der Waals surface area contributed by atoms with Crippen molar-refractivity contribution in [2.75, 3.05) is 0 Å². The zero-order valence-corrected chi connectivity index (χ0v) is 30.1. The van der Waals surface area contributed by atoms with Gasteiger partial charge in [-0.1, -0.05) is 140 Å². The quantitative estimate of drug-likeness (QED) is 0.171. The van der Waals surface area contributed by atoms with Crippen LogP contribution < -0.4 is 0 Å². The number of nitrogens with zero attached hydrogens (tertiary/aromatic N) is 3. The first-order valence-corrected chi connectivity index (χ1v) is 18.7. The average molecular weight is 718 g/mol. The molecule has 0 saturated heterocycles. The first-order chi connectivity index (χ1) is 27.7. The van der Waals surface area contributed by atoms with E-state index in [4.69, 9.17) is 18.8 Å². The molecule has 7 aromatic carbocycles. The van der Waals surface area contributed by atoms with Crippen molar-refractivity contribution in [2.45, 2.75) is 0 Å². The molecule has 0 aliphatic rings. The Morgan fingerprint density at radius 2 is 0.893 bits per heavy atom. The van der Waals surface area contributed by atoms with Crippen LogP contribution in [0.5, 0.6) is 0 Å². The van der Waals surface area contributed by atoms with Gasteiger partial charge < -0.3 is 8.83 Å². The number of benzene rings is 7. The molecule has 0 bridgehead atoms. The van der Waals surface area contributed by atoms with Crippen LogP contribution in [0.1, 0.15) is 0 Å². The van der Waals surface area contributed by atoms with Gasteiger partial charge in [-0.15, -0.1) is 0 Å². The second-order valence-corrected chi connectivity index (χ2v) is 13.9. The number of hydrogen-bond acceptors (Lipinski definition) is 5. The molecular formula is C51H31N3O2. The molecule has 4 aromatic heterocycles. The maximum absolute atomic E-state index is 6.71. The summed E-state index contributed by atoms with van der Waals surface area (Å²) >= 11 is 0. The highest BCUT2D eigenvalue weighted by molar-refractivity contribution is 6.21. The van der Waals surface area contributed by atoms with Crippen molar-refractivity contribution in [3.63, 3.8) is 0 Å². The Morgan fingerprint density at radius 3 is 1.62 bits per heavy atom. The van der Waals surface area contributed by atoms with Crippen molar-refractivity contribution in [2.24, 2.45) is 0 Å². The lowest BCUT2D eigenvalue weighted by atomic mass is 9.92. The molecule has 0 fully saturated rings. The van der Waals surface area contributed by atoms with Gasteiger partial charge in [0.25, 0.3) is 0 Å². The first-order valence-electron chi connectivity index (χ1n) is 18.7. The summed E-state index contributed by atoms with van der Waals surface area (Å²) in [6.07, 6.45) is 1.81. The molecule has 0 aliphatic carbocycles. The minimum absolute atomic E-state index is 0.665. The Morgan fingerprint density at radius 1 is 0.339 bits per heavy atom. The fraction of sp³-hybridized carbons (Fsp3) is 0. The molecule has 5 heteroatoms. The van der Waals surface area contributed by atoms with E-state index < -0.39 is 0 Å². The maximum atomic E-state index is 6.71. The highest BCUT2D eigenvalue weighted by Gasteiger charge is 2.20. The Balaban J connectivity index is 1.02. The zero-order valence-electron chi connectivity index (χ0n) is 30.1. The van der Waals surface area contributed by atoms with E-state index in [9.17, 15) is 0 Å². The molecule has 0 unspecified atom stereocenters. The van der Waals surface area contributed by atoms with Gasteiger partial charge in [0.1, 0.15) is 22.3 Å². The molecule has 0 radical (unpaired) electrons. The number of furan rings is 2. The van der Waals surface area contributed by atoms with E-state index in [-0.39, 0.29) is 0 Å². The van der Waals surface area contributed by atoms with Crippen molar-refractivity contribution in [1.29, 1.82) is 0 Å². The minimum Gasteiger partial charge on any atom is -0.456 e. The van der Waals surface area contributed by atoms with Crippen LogP contribution in [-0.2, 0) is 0 Å². The number of pyridine rings is 1. The lowest BCUT2D eigenvalue weighted by Gasteiger charge is -2.12. The third-order valence-electron chi connectivity index (χ3n) is 10.6. The molecule has 262 valence electrons. The van der Waals surface area contributed by atoms with Gasteiger partial charge >= 0.3 is 0 Å². The predicted octanol–water partition coefficient (Wildman–Crippen LogP) is 13.7. The average Bonchev–Trinajstić information content (AvgIpc) is 3.86. The van der Waals surface area contributed by atoms with Crippen LogP contribution in [0.25, 0.3) is 111 Å². The summed E-state index contributed by atoms with van der Waals surface area (Å²) in [7, 11) is 0. The lowest BCUT2D eigenvalue weighted by molar-refractivity contribution is 0.668. The van der Waals surface area contributed by atoms with Crippen molar-refractivity contribution < 1.29 is 8.83 Å². The predicted molar refractivity (Wildman–Crippen MR) is 227 cm³/mol. The van der Waals surface area contributed by atoms with E-state index in [1.54, 1.807) is 0 Å². The SMILES string of the molecule is c1ccc(-c2cc(-c3ccc(-c4ccc(-c5cccc6oc7ccccc7c56)c5c4oc4ccccc45)cc3)nc(-c3ccc(-c4ccccn4)cc3)n2)cc1. The van der Waals surface area contributed by atoms with E-state index in [1.165, 1.54) is 0 Å². The summed E-state index contributed by atoms with van der Waals surface area (Å²) in [5, 5.41) is 4.37. The van der Waals surface area contributed by atoms with Crippen molar-refractivity contribution in [3.05, 3.63) is 188 Å². The van der Waals surface area contributed by atoms with Crippen LogP contribution in [0.4, 0.5) is 0 Å². The molecule has 4 heterocycles. The van der Waals surface area contributed by atoms with Crippen LogP contribution in [0.15, 0.2) is 197 Å². The van der Waals surface area contributed by atoms with Gasteiger partial charge in [-0.2, -0.15) is 0 Å². The standard InChI is InChI=1S/C51H31N3O2/c1-2-11-33(12-3-1)43-31-44(54-51(53-43)36-26-24-34(25-27-36)42-16-8-9-30-52-42)35-22-20-32(21-23-35)37-28-29-39(49-41-14-5-7-18-46(41)56-50(37)49)38-15-10-19-47-48(38)40-13-4-6-17-45(40)55-47/h1-31H. The fourth-order valence-corrected chi connectivity index (χ4v) is 7.90. The smallest absolute Gasteiger partial charge is 0.160 e. The van der Waals surface area contributed by atoms with Crippen LogP contribution >= 0.6 is 0 Å². The fourth-order valence-electron chi connectivity index (χ4n) is 7.90. The number of para-hydroxylation sites is 2. The largest absolute Gasteiger partial charge is 0.456 e. The van der Waals surface area contributed by atoms with E-state index in [1.807, 2.05) is 72.9 Å². The molecule has 11 aromatic rings. The van der Waals surface area contributed by atoms with Crippen molar-refractivity contribution in [1.82, 2.24) is 15.0 Å². The number of hydrogen-bond donors (Lipinski definition) is 0. The number of rotatable bonds is 6. The second kappa shape index (κ2) is 13.0. The highest BCUT2D eigenvalue weighted by atomic mass is 16.3. The minimum atomic E-state index is 0.665. The van der Waals surface area contributed by atoms with Gasteiger partial charge in [0.2, 0.25) is 0 Å². The zero-order chi connectivity index (χ0) is 37.0. The molecular weight excluding hydrogens is 687 g/mol. The molecule has 5 nitrogen and oxygen atoms in total. The summed E-state index contributed by atoms with van der Waals surface area (Å²) in [6, 6.07) is 62.4. The third kappa shape index (κ3) is 5.37. The highest BCUT2D eigenvalue weighted by Crippen LogP contribution is 2.45. The summed E-state index contributed by atoms with van der Waals surface area (Å²) in [6.45, 7) is 0. The normalized spacial score (nSPS) is 11.6. The topological polar surface area (TPSA) is 65.0 Å². The molecule has 0 saturated carbocycles. The van der Waals surface area contributed by atoms with Gasteiger partial charge in [-0.05, 0) is 59.2 Å². The molecule has 56 heavy (non-hydrogen) atoms. The summed E-state index contributed by atoms with van der Waals surface area (Å²) < 4.78 is 13.0. The summed E-state index contributed by atoms with van der Waals surface area (Å²) in [5.41, 5.74) is 14.4. The Labute approximate surface area is 322 Å². The maximum Gasteiger partial charge on any atom is 0.160 e. The Bertz CT molecular complexity index is 3220. The summed E-state index contributed by atoms with van der Waals surface area (Å²) in [4.78, 5) is 14.7. The number of fused-ring (bicyclic) bond motifs is 6. The van der Waals surface area contributed by atoms with Gasteiger partial charge in [-0.25, -0.2) is 9.97 Å². The van der Waals surface area contributed by atoms with E-state index in [0.29, 0.717) is 5.82 Å². The molecule has 0 atom stereocenters. The lowest BCUT2D eigenvalue weighted by Crippen LogP contribution is -1.96. The van der Waals surface area contributed by atoms with Crippen molar-refractivity contribution >= 4 is 43.9 Å². The van der Waals surface area contributed by atoms with Crippen LogP contribution in [0.2, 0.25) is 0 Å². The van der Waals surface area contributed by atoms with Gasteiger partial charge in [-0.3, -0.25) is 4.98 Å². The van der Waals surface area contributed by atoms with Crippen LogP contribution in [0.3, 0.4) is 0 Å². The Kier molecular flexibility index (Phi) is 7.42. The monoisotopic (exact) mass is 717 g/mol. The second-order valence-electron chi connectivity index (χ2n) is 13.9. The van der Waals surface area contributed by atoms with Gasteiger partial charge in [0.05, 0.1) is 17.1 Å². The number of aromatic nitrogens is 3. The Hall–Kier alpha value is -7.63. The molecule has 0 aliphatic heterocycles. The van der Waals surface area contributed by atoms with Crippen molar-refractivity contribution in [3.8, 4) is 67.4 Å². The van der Waals surface area contributed by atoms with E-state index in [2.05, 4.69) is 120 Å². The van der Waals surface area contributed by atoms with Gasteiger partial charge in [0, 0.05) is 55.6 Å². The van der Waals surface area contributed by atoms with E-state index in [0.717, 1.165) is 105 Å². The molecule has 11 rings (SSSR count). The molecule has 0 spiro atoms. The third-order valence-corrected chi connectivity index (χ3v) is 10.6. The molecule has 0 N–H and O–H groups in total. The van der Waals surface area contributed by atoms with E-state index >= 15 is 0 Å².